The average Bonchev–Trinajstić information content (AvgIpc) is 2.42. The van der Waals surface area contributed by atoms with Gasteiger partial charge in [-0.1, -0.05) is 0 Å². The molecule has 0 aliphatic heterocycles. The van der Waals surface area contributed by atoms with E-state index in [1.54, 1.807) is 19.4 Å². The van der Waals surface area contributed by atoms with E-state index in [-0.39, 0.29) is 0 Å². The van der Waals surface area contributed by atoms with Crippen LogP contribution in [0.1, 0.15) is 0 Å². The molecular weight excluding hydrogens is 234 g/mol. The first-order valence-corrected chi connectivity index (χ1v) is 4.47. The summed E-state index contributed by atoms with van der Waals surface area (Å²) in [5.74, 6) is 0.644. The van der Waals surface area contributed by atoms with E-state index in [2.05, 4.69) is 20.9 Å². The van der Waals surface area contributed by atoms with Gasteiger partial charge in [-0.2, -0.15) is 0 Å². The molecule has 0 amide bonds. The molecular formula is C8H8BrN3O. The van der Waals surface area contributed by atoms with Crippen LogP contribution < -0.4 is 10.5 Å². The van der Waals surface area contributed by atoms with Gasteiger partial charge in [0.15, 0.2) is 0 Å². The van der Waals surface area contributed by atoms with E-state index >= 15 is 0 Å². The molecule has 4 nitrogen and oxygen atoms in total. The van der Waals surface area contributed by atoms with Gasteiger partial charge >= 0.3 is 0 Å². The Balaban J connectivity index is 2.72. The number of nitrogens with two attached hydrogens (primary N) is 1. The monoisotopic (exact) mass is 241 g/mol. The van der Waals surface area contributed by atoms with Crippen molar-refractivity contribution < 1.29 is 4.74 Å². The predicted octanol–water partition coefficient (Wildman–Crippen LogP) is 1.69. The van der Waals surface area contributed by atoms with Crippen molar-refractivity contribution >= 4 is 27.3 Å². The third-order valence-corrected chi connectivity index (χ3v) is 2.16. The molecule has 0 aromatic carbocycles. The maximum absolute atomic E-state index is 5.72. The van der Waals surface area contributed by atoms with Crippen LogP contribution >= 0.6 is 15.9 Å². The minimum Gasteiger partial charge on any atom is -0.494 e. The number of fused-ring (bicyclic) bond motifs is 1. The van der Waals surface area contributed by atoms with E-state index in [0.717, 1.165) is 10.3 Å². The van der Waals surface area contributed by atoms with Gasteiger partial charge in [0.2, 0.25) is 0 Å². The van der Waals surface area contributed by atoms with Crippen LogP contribution in [0.2, 0.25) is 0 Å². The number of nitrogens with zero attached hydrogens (tertiary/aromatic N) is 2. The number of imidazole rings is 1. The molecule has 0 saturated heterocycles. The van der Waals surface area contributed by atoms with Crippen molar-refractivity contribution in [3.8, 4) is 5.75 Å². The van der Waals surface area contributed by atoms with Crippen LogP contribution in [0, 0.1) is 0 Å². The second kappa shape index (κ2) is 2.92. The molecule has 0 aliphatic carbocycles. The molecule has 0 fully saturated rings. The van der Waals surface area contributed by atoms with Gasteiger partial charge in [0.05, 0.1) is 12.8 Å². The number of nitrogen functional groups attached to an aromatic ring is 1. The van der Waals surface area contributed by atoms with Gasteiger partial charge in [-0.25, -0.2) is 4.98 Å². The Morgan fingerprint density at radius 2 is 2.31 bits per heavy atom. The Morgan fingerprint density at radius 3 is 3.00 bits per heavy atom. The Bertz CT molecular complexity index is 452. The second-order valence-corrected chi connectivity index (χ2v) is 3.44. The molecule has 2 heterocycles. The number of hydrogen-bond donors (Lipinski definition) is 1. The molecule has 13 heavy (non-hydrogen) atoms. The quantitative estimate of drug-likeness (QED) is 0.827. The zero-order valence-electron chi connectivity index (χ0n) is 6.99. The van der Waals surface area contributed by atoms with E-state index in [4.69, 9.17) is 10.5 Å². The number of hydrogen-bond acceptors (Lipinski definition) is 3. The van der Waals surface area contributed by atoms with Crippen molar-refractivity contribution in [1.29, 1.82) is 0 Å². The van der Waals surface area contributed by atoms with Crippen LogP contribution in [0.3, 0.4) is 0 Å². The lowest BCUT2D eigenvalue weighted by Crippen LogP contribution is -1.95. The summed E-state index contributed by atoms with van der Waals surface area (Å²) in [6.45, 7) is 0. The van der Waals surface area contributed by atoms with Gasteiger partial charge in [0.25, 0.3) is 0 Å². The highest BCUT2D eigenvalue weighted by atomic mass is 79.9. The van der Waals surface area contributed by atoms with Crippen LogP contribution in [0.15, 0.2) is 23.1 Å². The van der Waals surface area contributed by atoms with Crippen molar-refractivity contribution in [2.24, 2.45) is 0 Å². The SMILES string of the molecule is COc1cc2nc(Br)cn2cc1N. The van der Waals surface area contributed by atoms with Gasteiger partial charge in [-0.05, 0) is 15.9 Å². The number of methoxy groups -OCH3 is 1. The number of aromatic nitrogens is 2. The predicted molar refractivity (Wildman–Crippen MR) is 53.9 cm³/mol. The zero-order valence-corrected chi connectivity index (χ0v) is 8.58. The third kappa shape index (κ3) is 1.35. The number of ether oxygens (including phenoxy) is 1. The van der Waals surface area contributed by atoms with Crippen molar-refractivity contribution in [1.82, 2.24) is 9.38 Å². The van der Waals surface area contributed by atoms with Gasteiger partial charge in [0.1, 0.15) is 16.0 Å². The van der Waals surface area contributed by atoms with Gasteiger partial charge in [0, 0.05) is 18.5 Å². The number of anilines is 1. The molecule has 2 aromatic heterocycles. The van der Waals surface area contributed by atoms with Crippen molar-refractivity contribution in [3.05, 3.63) is 23.1 Å². The molecule has 2 rings (SSSR count). The van der Waals surface area contributed by atoms with E-state index in [1.807, 2.05) is 10.6 Å². The minimum atomic E-state index is 0.597. The van der Waals surface area contributed by atoms with Crippen molar-refractivity contribution in [2.75, 3.05) is 12.8 Å². The molecule has 0 unspecified atom stereocenters. The largest absolute Gasteiger partial charge is 0.494 e. The van der Waals surface area contributed by atoms with E-state index in [9.17, 15) is 0 Å². The lowest BCUT2D eigenvalue weighted by Gasteiger charge is -2.03. The maximum Gasteiger partial charge on any atom is 0.146 e. The molecule has 0 spiro atoms. The van der Waals surface area contributed by atoms with Crippen LogP contribution in [-0.4, -0.2) is 16.5 Å². The maximum atomic E-state index is 5.72. The Morgan fingerprint density at radius 1 is 1.54 bits per heavy atom. The first-order chi connectivity index (χ1) is 6.20. The highest BCUT2D eigenvalue weighted by Gasteiger charge is 2.04. The molecule has 0 saturated carbocycles. The summed E-state index contributed by atoms with van der Waals surface area (Å²) < 4.78 is 7.68. The highest BCUT2D eigenvalue weighted by Crippen LogP contribution is 2.23. The number of pyridine rings is 1. The summed E-state index contributed by atoms with van der Waals surface area (Å²) in [5, 5.41) is 0. The molecule has 2 aromatic rings. The first-order valence-electron chi connectivity index (χ1n) is 3.68. The summed E-state index contributed by atoms with van der Waals surface area (Å²) in [5.41, 5.74) is 7.12. The molecule has 68 valence electrons. The van der Waals surface area contributed by atoms with Crippen molar-refractivity contribution in [3.63, 3.8) is 0 Å². The fourth-order valence-electron chi connectivity index (χ4n) is 1.18. The number of rotatable bonds is 1. The van der Waals surface area contributed by atoms with E-state index < -0.39 is 0 Å². The second-order valence-electron chi connectivity index (χ2n) is 2.63. The van der Waals surface area contributed by atoms with Gasteiger partial charge in [-0.3, -0.25) is 0 Å². The molecule has 2 N–H and O–H groups in total. The zero-order chi connectivity index (χ0) is 9.42. The minimum absolute atomic E-state index is 0.597. The third-order valence-electron chi connectivity index (χ3n) is 1.77. The van der Waals surface area contributed by atoms with Gasteiger partial charge in [-0.15, -0.1) is 0 Å². The van der Waals surface area contributed by atoms with Crippen LogP contribution in [0.5, 0.6) is 5.75 Å². The smallest absolute Gasteiger partial charge is 0.146 e. The molecule has 0 radical (unpaired) electrons. The lowest BCUT2D eigenvalue weighted by atomic mass is 10.4. The lowest BCUT2D eigenvalue weighted by molar-refractivity contribution is 0.417. The van der Waals surface area contributed by atoms with E-state index in [0.29, 0.717) is 11.4 Å². The summed E-state index contributed by atoms with van der Waals surface area (Å²) in [4.78, 5) is 4.21. The Hall–Kier alpha value is -1.23. The van der Waals surface area contributed by atoms with Gasteiger partial charge < -0.3 is 14.9 Å². The standard InChI is InChI=1S/C8H8BrN3O/c1-13-6-2-8-11-7(9)4-12(8)3-5(6)10/h2-4H,10H2,1H3. The average molecular weight is 242 g/mol. The van der Waals surface area contributed by atoms with E-state index in [1.165, 1.54) is 0 Å². The Labute approximate surface area is 83.5 Å². The van der Waals surface area contributed by atoms with Crippen LogP contribution in [0.4, 0.5) is 5.69 Å². The Kier molecular flexibility index (Phi) is 1.88. The van der Waals surface area contributed by atoms with Crippen molar-refractivity contribution in [2.45, 2.75) is 0 Å². The summed E-state index contributed by atoms with van der Waals surface area (Å²) >= 11 is 3.28. The fourth-order valence-corrected chi connectivity index (χ4v) is 1.58. The normalized spacial score (nSPS) is 10.6. The molecule has 0 bridgehead atoms. The topological polar surface area (TPSA) is 52.5 Å². The summed E-state index contributed by atoms with van der Waals surface area (Å²) in [7, 11) is 1.58. The molecule has 0 atom stereocenters. The fraction of sp³-hybridized carbons (Fsp3) is 0.125. The summed E-state index contributed by atoms with van der Waals surface area (Å²) in [6.07, 6.45) is 3.61. The van der Waals surface area contributed by atoms with Crippen LogP contribution in [0.25, 0.3) is 5.65 Å². The summed E-state index contributed by atoms with van der Waals surface area (Å²) in [6, 6.07) is 1.79. The van der Waals surface area contributed by atoms with Crippen LogP contribution in [-0.2, 0) is 0 Å². The first kappa shape index (κ1) is 8.37. The highest BCUT2D eigenvalue weighted by molar-refractivity contribution is 9.10. The molecule has 5 heteroatoms. The molecule has 0 aliphatic rings. The number of halogens is 1.